The summed E-state index contributed by atoms with van der Waals surface area (Å²) >= 11 is 0. The fourth-order valence-electron chi connectivity index (χ4n) is 1.54. The number of sulfone groups is 1. The summed E-state index contributed by atoms with van der Waals surface area (Å²) in [4.78, 5) is 4.21. The van der Waals surface area contributed by atoms with Crippen molar-refractivity contribution in [3.8, 4) is 11.6 Å². The molecular weight excluding hydrogens is 278 g/mol. The van der Waals surface area contributed by atoms with Crippen LogP contribution in [-0.2, 0) is 9.84 Å². The van der Waals surface area contributed by atoms with Crippen LogP contribution in [0.3, 0.4) is 0 Å². The zero-order chi connectivity index (χ0) is 14.8. The van der Waals surface area contributed by atoms with E-state index in [9.17, 15) is 8.42 Å². The van der Waals surface area contributed by atoms with E-state index in [1.165, 1.54) is 30.5 Å². The molecule has 0 atom stereocenters. The Morgan fingerprint density at radius 1 is 1.25 bits per heavy atom. The third kappa shape index (κ3) is 3.12. The molecule has 0 radical (unpaired) electrons. The second kappa shape index (κ2) is 5.30. The van der Waals surface area contributed by atoms with Gasteiger partial charge in [0.1, 0.15) is 11.6 Å². The van der Waals surface area contributed by atoms with Gasteiger partial charge in [0.05, 0.1) is 10.5 Å². The number of hydrogen-bond donors (Lipinski definition) is 2. The van der Waals surface area contributed by atoms with Crippen LogP contribution in [0, 0.1) is 5.41 Å². The van der Waals surface area contributed by atoms with Gasteiger partial charge in [0, 0.05) is 12.5 Å². The number of pyridine rings is 1. The summed E-state index contributed by atoms with van der Waals surface area (Å²) in [6, 6.07) is 9.21. The van der Waals surface area contributed by atoms with Crippen molar-refractivity contribution in [3.05, 3.63) is 48.2 Å². The van der Waals surface area contributed by atoms with Gasteiger partial charge in [-0.3, -0.25) is 5.41 Å². The molecule has 0 fully saturated rings. The fourth-order valence-corrected chi connectivity index (χ4v) is 2.17. The minimum atomic E-state index is -3.24. The van der Waals surface area contributed by atoms with E-state index in [0.717, 1.165) is 6.26 Å². The van der Waals surface area contributed by atoms with Crippen LogP contribution in [0.5, 0.6) is 11.6 Å². The maximum Gasteiger partial charge on any atom is 0.230 e. The van der Waals surface area contributed by atoms with Crippen LogP contribution >= 0.6 is 0 Å². The maximum absolute atomic E-state index is 11.3. The lowest BCUT2D eigenvalue weighted by Crippen LogP contribution is -2.12. The smallest absolute Gasteiger partial charge is 0.230 e. The highest BCUT2D eigenvalue weighted by atomic mass is 32.2. The van der Waals surface area contributed by atoms with Gasteiger partial charge in [-0.05, 0) is 36.4 Å². The molecular formula is C13H13N3O3S. The Labute approximate surface area is 116 Å². The van der Waals surface area contributed by atoms with Gasteiger partial charge in [-0.2, -0.15) is 0 Å². The van der Waals surface area contributed by atoms with Crippen molar-refractivity contribution in [2.75, 3.05) is 6.26 Å². The number of nitrogens with two attached hydrogens (primary N) is 1. The summed E-state index contributed by atoms with van der Waals surface area (Å²) in [5.41, 5.74) is 5.81. The van der Waals surface area contributed by atoms with Crippen molar-refractivity contribution in [2.45, 2.75) is 4.90 Å². The molecule has 3 N–H and O–H groups in total. The number of nitrogens with zero attached hydrogens (tertiary/aromatic N) is 1. The first-order valence-corrected chi connectivity index (χ1v) is 7.54. The summed E-state index contributed by atoms with van der Waals surface area (Å²) < 4.78 is 28.2. The zero-order valence-electron chi connectivity index (χ0n) is 10.7. The third-order valence-corrected chi connectivity index (χ3v) is 3.66. The Morgan fingerprint density at radius 3 is 2.45 bits per heavy atom. The molecule has 1 aromatic heterocycles. The predicted molar refractivity (Wildman–Crippen MR) is 74.9 cm³/mol. The topological polar surface area (TPSA) is 106 Å². The van der Waals surface area contributed by atoms with Crippen LogP contribution in [0.15, 0.2) is 47.5 Å². The van der Waals surface area contributed by atoms with Gasteiger partial charge in [0.25, 0.3) is 0 Å². The molecule has 0 aliphatic heterocycles. The molecule has 20 heavy (non-hydrogen) atoms. The second-order valence-corrected chi connectivity index (χ2v) is 6.13. The first-order chi connectivity index (χ1) is 9.38. The average molecular weight is 291 g/mol. The van der Waals surface area contributed by atoms with E-state index < -0.39 is 9.84 Å². The Hall–Kier alpha value is -2.41. The van der Waals surface area contributed by atoms with Crippen molar-refractivity contribution >= 4 is 15.7 Å². The molecule has 6 nitrogen and oxygen atoms in total. The molecule has 0 bridgehead atoms. The minimum Gasteiger partial charge on any atom is -0.438 e. The first kappa shape index (κ1) is 14.0. The van der Waals surface area contributed by atoms with E-state index in [0.29, 0.717) is 11.3 Å². The van der Waals surface area contributed by atoms with Crippen molar-refractivity contribution < 1.29 is 13.2 Å². The number of benzene rings is 1. The Bertz CT molecular complexity index is 740. The molecule has 0 unspecified atom stereocenters. The Morgan fingerprint density at radius 2 is 1.90 bits per heavy atom. The van der Waals surface area contributed by atoms with Crippen LogP contribution in [0.4, 0.5) is 0 Å². The second-order valence-electron chi connectivity index (χ2n) is 4.12. The monoisotopic (exact) mass is 291 g/mol. The summed E-state index contributed by atoms with van der Waals surface area (Å²) in [6.07, 6.45) is 2.65. The summed E-state index contributed by atoms with van der Waals surface area (Å²) in [7, 11) is -3.24. The van der Waals surface area contributed by atoms with E-state index in [-0.39, 0.29) is 16.6 Å². The molecule has 0 saturated heterocycles. The molecule has 1 aromatic carbocycles. The lowest BCUT2D eigenvalue weighted by Gasteiger charge is -2.09. The molecule has 2 aromatic rings. The van der Waals surface area contributed by atoms with Gasteiger partial charge >= 0.3 is 0 Å². The molecule has 0 spiro atoms. The fraction of sp³-hybridized carbons (Fsp3) is 0.0769. The van der Waals surface area contributed by atoms with Gasteiger partial charge in [-0.15, -0.1) is 0 Å². The zero-order valence-corrected chi connectivity index (χ0v) is 11.5. The van der Waals surface area contributed by atoms with Gasteiger partial charge < -0.3 is 10.5 Å². The van der Waals surface area contributed by atoms with Crippen LogP contribution in [-0.4, -0.2) is 25.5 Å². The highest BCUT2D eigenvalue weighted by Crippen LogP contribution is 2.23. The van der Waals surface area contributed by atoms with Crippen LogP contribution < -0.4 is 10.5 Å². The third-order valence-electron chi connectivity index (χ3n) is 2.53. The number of nitrogen functional groups attached to an aromatic ring is 1. The lowest BCUT2D eigenvalue weighted by molar-refractivity contribution is 0.461. The molecule has 1 heterocycles. The number of rotatable bonds is 4. The molecule has 0 aliphatic rings. The molecule has 0 amide bonds. The largest absolute Gasteiger partial charge is 0.438 e. The van der Waals surface area contributed by atoms with Crippen molar-refractivity contribution in [1.29, 1.82) is 5.41 Å². The van der Waals surface area contributed by atoms with E-state index >= 15 is 0 Å². The lowest BCUT2D eigenvalue weighted by atomic mass is 10.2. The van der Waals surface area contributed by atoms with E-state index in [2.05, 4.69) is 4.98 Å². The van der Waals surface area contributed by atoms with E-state index in [4.69, 9.17) is 15.9 Å². The molecule has 7 heteroatoms. The van der Waals surface area contributed by atoms with Gasteiger partial charge in [0.15, 0.2) is 9.84 Å². The Balaban J connectivity index is 2.30. The molecule has 2 rings (SSSR count). The summed E-state index contributed by atoms with van der Waals surface area (Å²) in [5, 5.41) is 7.44. The number of aromatic nitrogens is 1. The van der Waals surface area contributed by atoms with Crippen molar-refractivity contribution in [1.82, 2.24) is 4.98 Å². The first-order valence-electron chi connectivity index (χ1n) is 5.65. The maximum atomic E-state index is 11.3. The molecule has 104 valence electrons. The predicted octanol–water partition coefficient (Wildman–Crippen LogP) is 1.56. The number of hydrogen-bond acceptors (Lipinski definition) is 5. The van der Waals surface area contributed by atoms with Crippen molar-refractivity contribution in [2.24, 2.45) is 5.73 Å². The van der Waals surface area contributed by atoms with E-state index in [1.807, 2.05) is 0 Å². The van der Waals surface area contributed by atoms with Gasteiger partial charge in [-0.25, -0.2) is 13.4 Å². The van der Waals surface area contributed by atoms with Crippen LogP contribution in [0.2, 0.25) is 0 Å². The van der Waals surface area contributed by atoms with E-state index in [1.54, 1.807) is 12.1 Å². The normalized spacial score (nSPS) is 11.1. The quantitative estimate of drug-likeness (QED) is 0.656. The number of amidine groups is 1. The van der Waals surface area contributed by atoms with Crippen molar-refractivity contribution in [3.63, 3.8) is 0 Å². The highest BCUT2D eigenvalue weighted by Gasteiger charge is 2.10. The van der Waals surface area contributed by atoms with Crippen LogP contribution in [0.25, 0.3) is 0 Å². The standard InChI is InChI=1S/C13H13N3O3S/c1-20(17,18)10-6-4-9(5-7-10)19-13-11(12(14)15)3-2-8-16-13/h2-8H,1H3,(H3,14,15). The number of ether oxygens (including phenoxy) is 1. The SMILES string of the molecule is CS(=O)(=O)c1ccc(Oc2ncccc2C(=N)N)cc1. The summed E-state index contributed by atoms with van der Waals surface area (Å²) in [6.45, 7) is 0. The minimum absolute atomic E-state index is 0.152. The van der Waals surface area contributed by atoms with Crippen LogP contribution in [0.1, 0.15) is 5.56 Å². The molecule has 0 saturated carbocycles. The number of nitrogens with one attached hydrogen (secondary N) is 1. The van der Waals surface area contributed by atoms with Gasteiger partial charge in [-0.1, -0.05) is 0 Å². The molecule has 0 aliphatic carbocycles. The highest BCUT2D eigenvalue weighted by molar-refractivity contribution is 7.90. The summed E-state index contributed by atoms with van der Waals surface area (Å²) in [5.74, 6) is 0.464. The average Bonchev–Trinajstić information content (AvgIpc) is 2.38. The van der Waals surface area contributed by atoms with Gasteiger partial charge in [0.2, 0.25) is 5.88 Å². The Kier molecular flexibility index (Phi) is 3.71.